The maximum atomic E-state index is 13.1. The fraction of sp³-hybridized carbons (Fsp3) is 0.917. The molecule has 2 saturated carbocycles. The molecule has 0 aromatic carbocycles. The first-order valence-electron chi connectivity index (χ1n) is 5.77. The molecular weight excluding hydrogens is 198 g/mol. The summed E-state index contributed by atoms with van der Waals surface area (Å²) in [5.74, 6) is -2.10. The van der Waals surface area contributed by atoms with Gasteiger partial charge in [-0.25, -0.2) is 8.78 Å². The molecule has 2 rings (SSSR count). The monoisotopic (exact) mass is 216 g/mol. The van der Waals surface area contributed by atoms with Crippen molar-refractivity contribution in [2.24, 2.45) is 17.3 Å². The second-order valence-corrected chi connectivity index (χ2v) is 5.38. The summed E-state index contributed by atoms with van der Waals surface area (Å²) < 4.78 is 26.3. The molecule has 2 aliphatic rings. The van der Waals surface area contributed by atoms with Crippen molar-refractivity contribution in [2.75, 3.05) is 0 Å². The number of carbonyl (C=O) groups is 1. The predicted molar refractivity (Wildman–Crippen MR) is 53.8 cm³/mol. The molecule has 0 radical (unpaired) electrons. The molecule has 0 saturated heterocycles. The molecule has 0 N–H and O–H groups in total. The van der Waals surface area contributed by atoms with E-state index in [1.807, 2.05) is 6.92 Å². The molecular formula is C12H18F2O. The number of Topliss-reactive ketones (excluding diaryl/α,β-unsaturated/α-hetero) is 1. The van der Waals surface area contributed by atoms with E-state index in [1.54, 1.807) is 6.92 Å². The third-order valence-corrected chi connectivity index (χ3v) is 4.52. The Balaban J connectivity index is 2.13. The molecule has 3 heteroatoms. The zero-order valence-corrected chi connectivity index (χ0v) is 9.35. The van der Waals surface area contributed by atoms with Gasteiger partial charge in [-0.1, -0.05) is 6.92 Å². The first-order chi connectivity index (χ1) is 6.88. The SMILES string of the molecule is CCC1(C(C)=O)C[C@H]2CC(F)(F)C[C@H]2C1. The van der Waals surface area contributed by atoms with Crippen molar-refractivity contribution in [2.45, 2.75) is 51.9 Å². The van der Waals surface area contributed by atoms with E-state index in [0.717, 1.165) is 6.42 Å². The van der Waals surface area contributed by atoms with Crippen LogP contribution in [0.5, 0.6) is 0 Å². The van der Waals surface area contributed by atoms with E-state index in [2.05, 4.69) is 0 Å². The predicted octanol–water partition coefficient (Wildman–Crippen LogP) is 3.43. The van der Waals surface area contributed by atoms with Gasteiger partial charge in [-0.2, -0.15) is 0 Å². The summed E-state index contributed by atoms with van der Waals surface area (Å²) in [7, 11) is 0. The van der Waals surface area contributed by atoms with Gasteiger partial charge in [0.2, 0.25) is 5.92 Å². The number of alkyl halides is 2. The summed E-state index contributed by atoms with van der Waals surface area (Å²) in [5, 5.41) is 0. The lowest BCUT2D eigenvalue weighted by atomic mass is 9.77. The molecule has 2 fully saturated rings. The Bertz CT molecular complexity index is 269. The Morgan fingerprint density at radius 3 is 2.00 bits per heavy atom. The van der Waals surface area contributed by atoms with Crippen LogP contribution < -0.4 is 0 Å². The third kappa shape index (κ3) is 1.70. The van der Waals surface area contributed by atoms with Crippen molar-refractivity contribution in [3.05, 3.63) is 0 Å². The number of halogens is 2. The topological polar surface area (TPSA) is 17.1 Å². The first kappa shape index (κ1) is 11.0. The number of carbonyl (C=O) groups excluding carboxylic acids is 1. The van der Waals surface area contributed by atoms with Crippen LogP contribution in [0.25, 0.3) is 0 Å². The Kier molecular flexibility index (Phi) is 2.40. The van der Waals surface area contributed by atoms with E-state index in [-0.39, 0.29) is 35.9 Å². The van der Waals surface area contributed by atoms with Crippen LogP contribution >= 0.6 is 0 Å². The standard InChI is InChI=1S/C12H18F2O/c1-3-11(8(2)15)4-9-6-12(13,14)7-10(9)5-11/h9-10H,3-7H2,1-2H3/t9-,10+,11?. The van der Waals surface area contributed by atoms with Gasteiger partial charge in [0.1, 0.15) is 5.78 Å². The van der Waals surface area contributed by atoms with Crippen LogP contribution in [-0.4, -0.2) is 11.7 Å². The number of fused-ring (bicyclic) bond motifs is 1. The highest BCUT2D eigenvalue weighted by Crippen LogP contribution is 2.58. The van der Waals surface area contributed by atoms with Gasteiger partial charge in [0, 0.05) is 18.3 Å². The summed E-state index contributed by atoms with van der Waals surface area (Å²) in [6.07, 6.45) is 2.21. The van der Waals surface area contributed by atoms with Gasteiger partial charge in [0.25, 0.3) is 0 Å². The molecule has 1 unspecified atom stereocenters. The van der Waals surface area contributed by atoms with Crippen molar-refractivity contribution < 1.29 is 13.6 Å². The minimum absolute atomic E-state index is 0.00664. The zero-order valence-electron chi connectivity index (χ0n) is 9.35. The van der Waals surface area contributed by atoms with Crippen LogP contribution in [0, 0.1) is 17.3 Å². The fourth-order valence-corrected chi connectivity index (χ4v) is 3.57. The van der Waals surface area contributed by atoms with E-state index >= 15 is 0 Å². The molecule has 0 bridgehead atoms. The lowest BCUT2D eigenvalue weighted by molar-refractivity contribution is -0.127. The molecule has 15 heavy (non-hydrogen) atoms. The molecule has 86 valence electrons. The average Bonchev–Trinajstić information content (AvgIpc) is 2.55. The minimum atomic E-state index is -2.47. The normalized spacial score (nSPS) is 42.9. The third-order valence-electron chi connectivity index (χ3n) is 4.52. The second kappa shape index (κ2) is 3.26. The number of hydrogen-bond donors (Lipinski definition) is 0. The summed E-state index contributed by atoms with van der Waals surface area (Å²) >= 11 is 0. The smallest absolute Gasteiger partial charge is 0.248 e. The van der Waals surface area contributed by atoms with Gasteiger partial charge in [-0.3, -0.25) is 4.79 Å². The van der Waals surface area contributed by atoms with Crippen molar-refractivity contribution in [1.29, 1.82) is 0 Å². The molecule has 0 aromatic heterocycles. The Morgan fingerprint density at radius 1 is 1.20 bits per heavy atom. The fourth-order valence-electron chi connectivity index (χ4n) is 3.57. The van der Waals surface area contributed by atoms with Crippen LogP contribution in [0.15, 0.2) is 0 Å². The Morgan fingerprint density at radius 2 is 1.67 bits per heavy atom. The molecule has 1 nitrogen and oxygen atoms in total. The molecule has 0 heterocycles. The van der Waals surface area contributed by atoms with E-state index in [9.17, 15) is 13.6 Å². The van der Waals surface area contributed by atoms with Crippen LogP contribution in [0.3, 0.4) is 0 Å². The second-order valence-electron chi connectivity index (χ2n) is 5.38. The minimum Gasteiger partial charge on any atom is -0.299 e. The van der Waals surface area contributed by atoms with Gasteiger partial charge >= 0.3 is 0 Å². The highest BCUT2D eigenvalue weighted by atomic mass is 19.3. The first-order valence-corrected chi connectivity index (χ1v) is 5.77. The summed E-state index contributed by atoms with van der Waals surface area (Å²) in [6, 6.07) is 0. The van der Waals surface area contributed by atoms with Crippen molar-refractivity contribution in [3.63, 3.8) is 0 Å². The summed E-state index contributed by atoms with van der Waals surface area (Å²) in [5.41, 5.74) is -0.272. The summed E-state index contributed by atoms with van der Waals surface area (Å²) in [6.45, 7) is 3.61. The summed E-state index contributed by atoms with van der Waals surface area (Å²) in [4.78, 5) is 11.6. The molecule has 0 spiro atoms. The molecule has 0 amide bonds. The van der Waals surface area contributed by atoms with Crippen LogP contribution in [0.4, 0.5) is 8.78 Å². The maximum absolute atomic E-state index is 13.1. The van der Waals surface area contributed by atoms with Crippen molar-refractivity contribution in [1.82, 2.24) is 0 Å². The Hall–Kier alpha value is -0.470. The maximum Gasteiger partial charge on any atom is 0.248 e. The largest absolute Gasteiger partial charge is 0.299 e. The van der Waals surface area contributed by atoms with E-state index in [0.29, 0.717) is 12.8 Å². The van der Waals surface area contributed by atoms with Gasteiger partial charge in [0.15, 0.2) is 0 Å². The van der Waals surface area contributed by atoms with Gasteiger partial charge < -0.3 is 0 Å². The van der Waals surface area contributed by atoms with E-state index in [4.69, 9.17) is 0 Å². The number of rotatable bonds is 2. The van der Waals surface area contributed by atoms with Crippen molar-refractivity contribution in [3.8, 4) is 0 Å². The highest BCUT2D eigenvalue weighted by Gasteiger charge is 2.56. The highest BCUT2D eigenvalue weighted by molar-refractivity contribution is 5.82. The van der Waals surface area contributed by atoms with Crippen LogP contribution in [0.1, 0.15) is 46.0 Å². The zero-order chi connectivity index (χ0) is 11.3. The molecule has 0 aromatic rings. The van der Waals surface area contributed by atoms with E-state index < -0.39 is 5.92 Å². The molecule has 3 atom stereocenters. The van der Waals surface area contributed by atoms with Gasteiger partial charge in [-0.15, -0.1) is 0 Å². The van der Waals surface area contributed by atoms with Crippen LogP contribution in [0.2, 0.25) is 0 Å². The Labute approximate surface area is 89.2 Å². The molecule has 0 aliphatic heterocycles. The number of hydrogen-bond acceptors (Lipinski definition) is 1. The van der Waals surface area contributed by atoms with Crippen molar-refractivity contribution >= 4 is 5.78 Å². The molecule has 2 aliphatic carbocycles. The van der Waals surface area contributed by atoms with Gasteiger partial charge in [-0.05, 0) is 38.0 Å². The number of ketones is 1. The van der Waals surface area contributed by atoms with E-state index in [1.165, 1.54) is 0 Å². The van der Waals surface area contributed by atoms with Crippen LogP contribution in [-0.2, 0) is 4.79 Å². The lowest BCUT2D eigenvalue weighted by Gasteiger charge is -2.26. The quantitative estimate of drug-likeness (QED) is 0.691. The van der Waals surface area contributed by atoms with Gasteiger partial charge in [0.05, 0.1) is 0 Å². The lowest BCUT2D eigenvalue weighted by Crippen LogP contribution is -2.27. The average molecular weight is 216 g/mol.